The molecule has 0 bridgehead atoms. The summed E-state index contributed by atoms with van der Waals surface area (Å²) >= 11 is 0. The fraction of sp³-hybridized carbons (Fsp3) is 0.917. The van der Waals surface area contributed by atoms with E-state index < -0.39 is 0 Å². The summed E-state index contributed by atoms with van der Waals surface area (Å²) in [5, 5.41) is 6.74. The molecule has 0 atom stereocenters. The van der Waals surface area contributed by atoms with Crippen molar-refractivity contribution in [2.75, 3.05) is 20.1 Å². The summed E-state index contributed by atoms with van der Waals surface area (Å²) in [5.41, 5.74) is 0.559. The lowest BCUT2D eigenvalue weighted by molar-refractivity contribution is 0.131. The van der Waals surface area contributed by atoms with E-state index in [9.17, 15) is 0 Å². The average molecular weight is 211 g/mol. The lowest BCUT2D eigenvalue weighted by Gasteiger charge is -2.41. The van der Waals surface area contributed by atoms with Gasteiger partial charge in [-0.2, -0.15) is 0 Å². The van der Waals surface area contributed by atoms with Crippen molar-refractivity contribution in [3.8, 4) is 0 Å². The molecule has 15 heavy (non-hydrogen) atoms. The van der Waals surface area contributed by atoms with Crippen LogP contribution in [0.25, 0.3) is 0 Å². The van der Waals surface area contributed by atoms with Crippen LogP contribution in [0.2, 0.25) is 0 Å². The van der Waals surface area contributed by atoms with E-state index >= 15 is 0 Å². The highest BCUT2D eigenvalue weighted by Crippen LogP contribution is 2.42. The topological polar surface area (TPSA) is 36.4 Å². The number of hydrogen-bond acceptors (Lipinski definition) is 1. The van der Waals surface area contributed by atoms with Crippen LogP contribution in [0.3, 0.4) is 0 Å². The van der Waals surface area contributed by atoms with Crippen molar-refractivity contribution in [3.05, 3.63) is 0 Å². The molecule has 1 saturated carbocycles. The number of hydrogen-bond donors (Lipinski definition) is 2. The Kier molecular flexibility index (Phi) is 4.92. The van der Waals surface area contributed by atoms with Crippen LogP contribution in [0, 0.1) is 5.41 Å². The van der Waals surface area contributed by atoms with Gasteiger partial charge in [-0.15, -0.1) is 0 Å². The Hall–Kier alpha value is -0.730. The van der Waals surface area contributed by atoms with Gasteiger partial charge >= 0.3 is 0 Å². The van der Waals surface area contributed by atoms with E-state index in [-0.39, 0.29) is 0 Å². The summed E-state index contributed by atoms with van der Waals surface area (Å²) in [6, 6.07) is 0. The molecule has 2 N–H and O–H groups in total. The molecule has 0 spiro atoms. The molecule has 3 heteroatoms. The van der Waals surface area contributed by atoms with Gasteiger partial charge in [0.1, 0.15) is 0 Å². The van der Waals surface area contributed by atoms with Crippen molar-refractivity contribution in [3.63, 3.8) is 0 Å². The molecular weight excluding hydrogens is 186 g/mol. The molecule has 88 valence electrons. The number of rotatable bonds is 5. The molecule has 0 radical (unpaired) electrons. The average Bonchev–Trinajstić information content (AvgIpc) is 2.21. The Balaban J connectivity index is 2.27. The predicted molar refractivity (Wildman–Crippen MR) is 66.2 cm³/mol. The molecule has 0 aliphatic heterocycles. The van der Waals surface area contributed by atoms with Gasteiger partial charge in [-0.25, -0.2) is 0 Å². The monoisotopic (exact) mass is 211 g/mol. The molecule has 1 rings (SSSR count). The molecular formula is C12H25N3. The Labute approximate surface area is 93.7 Å². The first-order chi connectivity index (χ1) is 7.26. The summed E-state index contributed by atoms with van der Waals surface area (Å²) in [6.07, 6.45) is 6.57. The highest BCUT2D eigenvalue weighted by molar-refractivity contribution is 5.79. The second-order valence-corrected chi connectivity index (χ2v) is 4.56. The summed E-state index contributed by atoms with van der Waals surface area (Å²) in [6.45, 7) is 6.54. The van der Waals surface area contributed by atoms with Crippen molar-refractivity contribution in [2.45, 2.75) is 46.0 Å². The van der Waals surface area contributed by atoms with Crippen molar-refractivity contribution >= 4 is 5.96 Å². The van der Waals surface area contributed by atoms with E-state index in [1.165, 1.54) is 25.7 Å². The Morgan fingerprint density at radius 2 is 2.00 bits per heavy atom. The number of guanidine groups is 1. The van der Waals surface area contributed by atoms with Gasteiger partial charge in [0, 0.05) is 20.1 Å². The maximum absolute atomic E-state index is 4.22. The van der Waals surface area contributed by atoms with Gasteiger partial charge in [0.05, 0.1) is 0 Å². The predicted octanol–water partition coefficient (Wildman–Crippen LogP) is 2.14. The molecule has 1 fully saturated rings. The number of nitrogens with zero attached hydrogens (tertiary/aromatic N) is 1. The van der Waals surface area contributed by atoms with E-state index in [0.29, 0.717) is 5.41 Å². The highest BCUT2D eigenvalue weighted by atomic mass is 15.2. The molecule has 0 unspecified atom stereocenters. The van der Waals surface area contributed by atoms with Gasteiger partial charge in [-0.3, -0.25) is 4.99 Å². The maximum Gasteiger partial charge on any atom is 0.190 e. The Morgan fingerprint density at radius 3 is 2.40 bits per heavy atom. The molecule has 0 heterocycles. The van der Waals surface area contributed by atoms with E-state index in [2.05, 4.69) is 29.5 Å². The molecule has 0 aromatic rings. The van der Waals surface area contributed by atoms with Crippen molar-refractivity contribution in [1.82, 2.24) is 10.6 Å². The van der Waals surface area contributed by atoms with Gasteiger partial charge in [0.2, 0.25) is 0 Å². The molecule has 3 nitrogen and oxygen atoms in total. The zero-order valence-electron chi connectivity index (χ0n) is 10.4. The largest absolute Gasteiger partial charge is 0.356 e. The van der Waals surface area contributed by atoms with E-state index in [1.807, 2.05) is 7.05 Å². The van der Waals surface area contributed by atoms with Crippen LogP contribution in [0.4, 0.5) is 0 Å². The first-order valence-corrected chi connectivity index (χ1v) is 6.21. The van der Waals surface area contributed by atoms with Gasteiger partial charge in [-0.05, 0) is 31.1 Å². The first-order valence-electron chi connectivity index (χ1n) is 6.21. The van der Waals surface area contributed by atoms with Gasteiger partial charge < -0.3 is 10.6 Å². The minimum Gasteiger partial charge on any atom is -0.356 e. The maximum atomic E-state index is 4.22. The summed E-state index contributed by atoms with van der Waals surface area (Å²) in [7, 11) is 1.84. The van der Waals surface area contributed by atoms with E-state index in [4.69, 9.17) is 0 Å². The molecule has 1 aliphatic rings. The minimum absolute atomic E-state index is 0.559. The Morgan fingerprint density at radius 1 is 1.27 bits per heavy atom. The van der Waals surface area contributed by atoms with Crippen LogP contribution in [0.5, 0.6) is 0 Å². The summed E-state index contributed by atoms with van der Waals surface area (Å²) < 4.78 is 0. The lowest BCUT2D eigenvalue weighted by atomic mass is 9.67. The fourth-order valence-corrected chi connectivity index (χ4v) is 2.07. The van der Waals surface area contributed by atoms with Crippen LogP contribution < -0.4 is 10.6 Å². The third-order valence-electron chi connectivity index (χ3n) is 3.56. The Bertz CT molecular complexity index is 201. The van der Waals surface area contributed by atoms with E-state index in [0.717, 1.165) is 25.5 Å². The lowest BCUT2D eigenvalue weighted by Crippen LogP contribution is -2.46. The summed E-state index contributed by atoms with van der Waals surface area (Å²) in [4.78, 5) is 4.22. The van der Waals surface area contributed by atoms with Crippen LogP contribution in [-0.2, 0) is 0 Å². The number of aliphatic imine (C=N–C) groups is 1. The summed E-state index contributed by atoms with van der Waals surface area (Å²) in [5.74, 6) is 0.955. The van der Waals surface area contributed by atoms with Crippen molar-refractivity contribution in [2.24, 2.45) is 10.4 Å². The van der Waals surface area contributed by atoms with Crippen molar-refractivity contribution < 1.29 is 0 Å². The molecule has 0 aromatic carbocycles. The standard InChI is InChI=1S/C12H25N3/c1-4-9-14-11(13-3)15-10-12(5-2)7-6-8-12/h4-10H2,1-3H3,(H2,13,14,15). The van der Waals surface area contributed by atoms with Gasteiger partial charge in [0.15, 0.2) is 5.96 Å². The first kappa shape index (κ1) is 12.3. The van der Waals surface area contributed by atoms with Gasteiger partial charge in [-0.1, -0.05) is 20.3 Å². The third kappa shape index (κ3) is 3.40. The highest BCUT2D eigenvalue weighted by Gasteiger charge is 2.34. The quantitative estimate of drug-likeness (QED) is 0.540. The van der Waals surface area contributed by atoms with E-state index in [1.54, 1.807) is 0 Å². The molecule has 1 aliphatic carbocycles. The zero-order chi connectivity index (χ0) is 11.1. The number of nitrogens with one attached hydrogen (secondary N) is 2. The SMILES string of the molecule is CCCNC(=NC)NCC1(CC)CCC1. The second kappa shape index (κ2) is 5.99. The smallest absolute Gasteiger partial charge is 0.190 e. The molecule has 0 saturated heterocycles. The molecule has 0 amide bonds. The second-order valence-electron chi connectivity index (χ2n) is 4.56. The van der Waals surface area contributed by atoms with Gasteiger partial charge in [0.25, 0.3) is 0 Å². The van der Waals surface area contributed by atoms with Crippen LogP contribution >= 0.6 is 0 Å². The molecule has 0 aromatic heterocycles. The normalized spacial score (nSPS) is 19.5. The van der Waals surface area contributed by atoms with Crippen molar-refractivity contribution in [1.29, 1.82) is 0 Å². The minimum atomic E-state index is 0.559. The fourth-order valence-electron chi connectivity index (χ4n) is 2.07. The third-order valence-corrected chi connectivity index (χ3v) is 3.56. The van der Waals surface area contributed by atoms with Crippen LogP contribution in [0.15, 0.2) is 4.99 Å². The van der Waals surface area contributed by atoms with Crippen LogP contribution in [0.1, 0.15) is 46.0 Å². The van der Waals surface area contributed by atoms with Crippen LogP contribution in [-0.4, -0.2) is 26.1 Å². The zero-order valence-corrected chi connectivity index (χ0v) is 10.4.